The average Bonchev–Trinajstić information content (AvgIpc) is 2.70. The van der Waals surface area contributed by atoms with Crippen molar-refractivity contribution in [3.05, 3.63) is 50.7 Å². The number of halogens is 3. The van der Waals surface area contributed by atoms with E-state index >= 15 is 0 Å². The summed E-state index contributed by atoms with van der Waals surface area (Å²) in [5, 5.41) is 0.633. The molecule has 0 aliphatic heterocycles. The molecule has 1 aromatic heterocycles. The molecule has 0 bridgehead atoms. The Morgan fingerprint density at radius 3 is 2.62 bits per heavy atom. The third kappa shape index (κ3) is 2.30. The van der Waals surface area contributed by atoms with Gasteiger partial charge in [-0.1, -0.05) is 11.6 Å². The number of benzene rings is 2. The van der Waals surface area contributed by atoms with Gasteiger partial charge in [-0.05, 0) is 59.1 Å². The number of rotatable bonds is 1. The van der Waals surface area contributed by atoms with Crippen LogP contribution in [0, 0.1) is 19.7 Å². The van der Waals surface area contributed by atoms with E-state index in [0.29, 0.717) is 16.1 Å². The number of anilines is 1. The highest BCUT2D eigenvalue weighted by Crippen LogP contribution is 2.33. The maximum absolute atomic E-state index is 13.7. The minimum atomic E-state index is -0.298. The predicted octanol–water partition coefficient (Wildman–Crippen LogP) is 4.78. The zero-order valence-electron chi connectivity index (χ0n) is 11.4. The first-order valence-electron chi connectivity index (χ1n) is 6.28. The molecule has 3 aromatic rings. The van der Waals surface area contributed by atoms with Crippen LogP contribution in [0.3, 0.4) is 0 Å². The van der Waals surface area contributed by atoms with E-state index < -0.39 is 0 Å². The molecule has 0 radical (unpaired) electrons. The van der Waals surface area contributed by atoms with Crippen molar-refractivity contribution >= 4 is 44.5 Å². The standard InChI is InChI=1S/C15H12BrClFN3/c1-7-3-9(16)13(5-10(7)17)21-14-4-8(2)11(18)6-12(14)20-15(21)19/h3-6H,1-2H3,(H2,19,20). The molecule has 3 rings (SSSR count). The fourth-order valence-electron chi connectivity index (χ4n) is 2.28. The van der Waals surface area contributed by atoms with E-state index in [1.54, 1.807) is 17.6 Å². The van der Waals surface area contributed by atoms with Crippen LogP contribution in [0.4, 0.5) is 10.3 Å². The van der Waals surface area contributed by atoms with Crippen LogP contribution in [-0.4, -0.2) is 9.55 Å². The van der Waals surface area contributed by atoms with Crippen LogP contribution in [0.2, 0.25) is 5.02 Å². The van der Waals surface area contributed by atoms with Gasteiger partial charge in [-0.15, -0.1) is 0 Å². The van der Waals surface area contributed by atoms with E-state index in [0.717, 1.165) is 21.2 Å². The number of aryl methyl sites for hydroxylation is 2. The van der Waals surface area contributed by atoms with Crippen LogP contribution in [0.15, 0.2) is 28.7 Å². The molecule has 2 N–H and O–H groups in total. The summed E-state index contributed by atoms with van der Waals surface area (Å²) >= 11 is 9.73. The Kier molecular flexibility index (Phi) is 3.42. The Labute approximate surface area is 134 Å². The molecule has 108 valence electrons. The molecular formula is C15H12BrClFN3. The fourth-order valence-corrected chi connectivity index (χ4v) is 3.07. The summed E-state index contributed by atoms with van der Waals surface area (Å²) in [6.45, 7) is 3.63. The van der Waals surface area contributed by atoms with Crippen molar-refractivity contribution in [2.75, 3.05) is 5.73 Å². The lowest BCUT2D eigenvalue weighted by molar-refractivity contribution is 0.620. The van der Waals surface area contributed by atoms with Gasteiger partial charge in [0.25, 0.3) is 0 Å². The van der Waals surface area contributed by atoms with E-state index in [4.69, 9.17) is 17.3 Å². The smallest absolute Gasteiger partial charge is 0.205 e. The van der Waals surface area contributed by atoms with Crippen molar-refractivity contribution in [1.82, 2.24) is 9.55 Å². The molecule has 0 aliphatic rings. The lowest BCUT2D eigenvalue weighted by atomic mass is 10.2. The van der Waals surface area contributed by atoms with Gasteiger partial charge in [-0.25, -0.2) is 9.37 Å². The largest absolute Gasteiger partial charge is 0.369 e. The first-order chi connectivity index (χ1) is 9.88. The van der Waals surface area contributed by atoms with Crippen molar-refractivity contribution in [2.24, 2.45) is 0 Å². The van der Waals surface area contributed by atoms with Crippen LogP contribution < -0.4 is 5.73 Å². The topological polar surface area (TPSA) is 43.8 Å². The monoisotopic (exact) mass is 367 g/mol. The van der Waals surface area contributed by atoms with Gasteiger partial charge in [-0.2, -0.15) is 0 Å². The van der Waals surface area contributed by atoms with Crippen molar-refractivity contribution in [1.29, 1.82) is 0 Å². The lowest BCUT2D eigenvalue weighted by Crippen LogP contribution is -2.02. The summed E-state index contributed by atoms with van der Waals surface area (Å²) in [6.07, 6.45) is 0. The molecule has 0 unspecified atom stereocenters. The summed E-state index contributed by atoms with van der Waals surface area (Å²) in [4.78, 5) is 4.22. The van der Waals surface area contributed by atoms with Crippen molar-refractivity contribution < 1.29 is 4.39 Å². The summed E-state index contributed by atoms with van der Waals surface area (Å²) in [5.74, 6) is -0.0104. The summed E-state index contributed by atoms with van der Waals surface area (Å²) in [7, 11) is 0. The van der Waals surface area contributed by atoms with Gasteiger partial charge in [0, 0.05) is 15.6 Å². The molecule has 1 heterocycles. The first-order valence-corrected chi connectivity index (χ1v) is 7.45. The van der Waals surface area contributed by atoms with Gasteiger partial charge in [0.05, 0.1) is 16.7 Å². The summed E-state index contributed by atoms with van der Waals surface area (Å²) in [5.41, 5.74) is 9.53. The molecular weight excluding hydrogens is 357 g/mol. The van der Waals surface area contributed by atoms with Crippen molar-refractivity contribution in [2.45, 2.75) is 13.8 Å². The average molecular weight is 369 g/mol. The Balaban J connectivity index is 2.37. The highest BCUT2D eigenvalue weighted by atomic mass is 79.9. The maximum atomic E-state index is 13.7. The Bertz CT molecular complexity index is 873. The molecule has 0 aliphatic carbocycles. The number of hydrogen-bond donors (Lipinski definition) is 1. The SMILES string of the molecule is Cc1cc2c(cc1F)nc(N)n2-c1cc(Cl)c(C)cc1Br. The number of nitrogens with two attached hydrogens (primary N) is 1. The van der Waals surface area contributed by atoms with Crippen LogP contribution in [-0.2, 0) is 0 Å². The van der Waals surface area contributed by atoms with Crippen LogP contribution in [0.5, 0.6) is 0 Å². The van der Waals surface area contributed by atoms with Crippen LogP contribution in [0.1, 0.15) is 11.1 Å². The zero-order chi connectivity index (χ0) is 15.3. The Morgan fingerprint density at radius 2 is 1.90 bits per heavy atom. The summed E-state index contributed by atoms with van der Waals surface area (Å²) in [6, 6.07) is 6.85. The molecule has 6 heteroatoms. The quantitative estimate of drug-likeness (QED) is 0.672. The number of hydrogen-bond acceptors (Lipinski definition) is 2. The van der Waals surface area contributed by atoms with Gasteiger partial charge in [0.2, 0.25) is 5.95 Å². The normalized spacial score (nSPS) is 11.3. The van der Waals surface area contributed by atoms with Gasteiger partial charge >= 0.3 is 0 Å². The van der Waals surface area contributed by atoms with Gasteiger partial charge in [0.15, 0.2) is 0 Å². The highest BCUT2D eigenvalue weighted by molar-refractivity contribution is 9.10. The second-order valence-corrected chi connectivity index (χ2v) is 6.21. The molecule has 0 spiro atoms. The van der Waals surface area contributed by atoms with E-state index in [1.807, 2.05) is 19.1 Å². The number of fused-ring (bicyclic) bond motifs is 1. The second-order valence-electron chi connectivity index (χ2n) is 4.95. The van der Waals surface area contributed by atoms with E-state index in [2.05, 4.69) is 20.9 Å². The minimum Gasteiger partial charge on any atom is -0.369 e. The molecule has 3 nitrogen and oxygen atoms in total. The molecule has 0 amide bonds. The fraction of sp³-hybridized carbons (Fsp3) is 0.133. The van der Waals surface area contributed by atoms with Crippen LogP contribution >= 0.6 is 27.5 Å². The predicted molar refractivity (Wildman–Crippen MR) is 87.6 cm³/mol. The Hall–Kier alpha value is -1.59. The third-order valence-electron chi connectivity index (χ3n) is 3.43. The van der Waals surface area contributed by atoms with Gasteiger partial charge < -0.3 is 5.73 Å². The van der Waals surface area contributed by atoms with E-state index in [9.17, 15) is 4.39 Å². The van der Waals surface area contributed by atoms with Gasteiger partial charge in [-0.3, -0.25) is 4.57 Å². The highest BCUT2D eigenvalue weighted by Gasteiger charge is 2.15. The third-order valence-corrected chi connectivity index (χ3v) is 4.47. The van der Waals surface area contributed by atoms with Gasteiger partial charge in [0.1, 0.15) is 5.82 Å². The first kappa shape index (κ1) is 14.4. The van der Waals surface area contributed by atoms with Crippen molar-refractivity contribution in [3.63, 3.8) is 0 Å². The number of nitrogen functional groups attached to an aromatic ring is 1. The van der Waals surface area contributed by atoms with Crippen molar-refractivity contribution in [3.8, 4) is 5.69 Å². The second kappa shape index (κ2) is 5.00. The van der Waals surface area contributed by atoms with Crippen LogP contribution in [0.25, 0.3) is 16.7 Å². The molecule has 0 fully saturated rings. The lowest BCUT2D eigenvalue weighted by Gasteiger charge is -2.11. The molecule has 0 atom stereocenters. The minimum absolute atomic E-state index is 0.288. The molecule has 2 aromatic carbocycles. The molecule has 21 heavy (non-hydrogen) atoms. The number of aromatic nitrogens is 2. The zero-order valence-corrected chi connectivity index (χ0v) is 13.8. The maximum Gasteiger partial charge on any atom is 0.205 e. The Morgan fingerprint density at radius 1 is 1.19 bits per heavy atom. The summed E-state index contributed by atoms with van der Waals surface area (Å²) < 4.78 is 16.3. The van der Waals surface area contributed by atoms with E-state index in [-0.39, 0.29) is 11.8 Å². The molecule has 0 saturated carbocycles. The number of imidazole rings is 1. The number of nitrogens with zero attached hydrogens (tertiary/aromatic N) is 2. The van der Waals surface area contributed by atoms with E-state index in [1.165, 1.54) is 6.07 Å². The molecule has 0 saturated heterocycles.